The first-order valence-corrected chi connectivity index (χ1v) is 10.7. The molecular formula is C25H31NO. The van der Waals surface area contributed by atoms with Gasteiger partial charge in [-0.2, -0.15) is 0 Å². The van der Waals surface area contributed by atoms with E-state index in [-0.39, 0.29) is 0 Å². The molecule has 0 heterocycles. The van der Waals surface area contributed by atoms with E-state index in [0.29, 0.717) is 12.1 Å². The summed E-state index contributed by atoms with van der Waals surface area (Å²) in [6.07, 6.45) is 8.76. The Morgan fingerprint density at radius 1 is 0.815 bits per heavy atom. The van der Waals surface area contributed by atoms with Crippen molar-refractivity contribution in [3.8, 4) is 5.75 Å². The van der Waals surface area contributed by atoms with E-state index in [4.69, 9.17) is 4.74 Å². The number of aryl methyl sites for hydroxylation is 1. The van der Waals surface area contributed by atoms with Crippen molar-refractivity contribution in [1.82, 2.24) is 5.32 Å². The monoisotopic (exact) mass is 361 g/mol. The minimum Gasteiger partial charge on any atom is -0.489 e. The highest BCUT2D eigenvalue weighted by Crippen LogP contribution is 2.55. The van der Waals surface area contributed by atoms with E-state index >= 15 is 0 Å². The normalized spacial score (nSPS) is 31.2. The number of hydrogen-bond acceptors (Lipinski definition) is 2. The van der Waals surface area contributed by atoms with E-state index in [1.54, 1.807) is 0 Å². The van der Waals surface area contributed by atoms with E-state index in [0.717, 1.165) is 30.0 Å². The van der Waals surface area contributed by atoms with Gasteiger partial charge in [0.25, 0.3) is 0 Å². The SMILES string of the molecule is Cc1ccc(COc2ccc(CNC34CC5CC(CC(C5)C3)C4)cc2)cc1. The molecule has 2 heteroatoms. The molecule has 2 aromatic rings. The summed E-state index contributed by atoms with van der Waals surface area (Å²) in [5.41, 5.74) is 4.31. The van der Waals surface area contributed by atoms with Crippen LogP contribution in [0.1, 0.15) is 55.2 Å². The molecule has 0 saturated heterocycles. The lowest BCUT2D eigenvalue weighted by Gasteiger charge is -2.57. The highest BCUT2D eigenvalue weighted by atomic mass is 16.5. The minimum absolute atomic E-state index is 0.440. The lowest BCUT2D eigenvalue weighted by Crippen LogP contribution is -2.58. The summed E-state index contributed by atoms with van der Waals surface area (Å²) in [5.74, 6) is 3.96. The topological polar surface area (TPSA) is 21.3 Å². The molecule has 0 radical (unpaired) electrons. The molecule has 0 spiro atoms. The van der Waals surface area contributed by atoms with Crippen molar-refractivity contribution in [2.45, 2.75) is 64.1 Å². The Morgan fingerprint density at radius 2 is 1.37 bits per heavy atom. The van der Waals surface area contributed by atoms with Gasteiger partial charge in [0.15, 0.2) is 0 Å². The standard InChI is InChI=1S/C25H31NO/c1-18-2-4-20(5-3-18)17-27-24-8-6-19(7-9-24)16-26-25-13-21-10-22(14-25)12-23(11-21)15-25/h2-9,21-23,26H,10-17H2,1H3. The van der Waals surface area contributed by atoms with Crippen LogP contribution < -0.4 is 10.1 Å². The molecule has 0 aromatic heterocycles. The predicted molar refractivity (Wildman–Crippen MR) is 110 cm³/mol. The molecule has 27 heavy (non-hydrogen) atoms. The number of hydrogen-bond donors (Lipinski definition) is 1. The van der Waals surface area contributed by atoms with Crippen molar-refractivity contribution in [2.24, 2.45) is 17.8 Å². The summed E-state index contributed by atoms with van der Waals surface area (Å²) in [4.78, 5) is 0. The highest BCUT2D eigenvalue weighted by Gasteiger charge is 2.50. The molecule has 4 bridgehead atoms. The first-order chi connectivity index (χ1) is 13.2. The van der Waals surface area contributed by atoms with Gasteiger partial charge in [0, 0.05) is 12.1 Å². The largest absolute Gasteiger partial charge is 0.489 e. The summed E-state index contributed by atoms with van der Waals surface area (Å²) < 4.78 is 5.95. The third-order valence-corrected chi connectivity index (χ3v) is 7.16. The van der Waals surface area contributed by atoms with Gasteiger partial charge in [-0.1, -0.05) is 42.0 Å². The molecule has 0 unspecified atom stereocenters. The van der Waals surface area contributed by atoms with Crippen LogP contribution in [0.15, 0.2) is 48.5 Å². The molecule has 4 aliphatic carbocycles. The number of nitrogens with one attached hydrogen (secondary N) is 1. The number of benzene rings is 2. The summed E-state index contributed by atoms with van der Waals surface area (Å²) >= 11 is 0. The fourth-order valence-electron chi connectivity index (χ4n) is 6.17. The van der Waals surface area contributed by atoms with Crippen LogP contribution in [0.3, 0.4) is 0 Å². The van der Waals surface area contributed by atoms with Crippen LogP contribution in [0, 0.1) is 24.7 Å². The van der Waals surface area contributed by atoms with Crippen LogP contribution in [0.4, 0.5) is 0 Å². The molecule has 4 fully saturated rings. The maximum Gasteiger partial charge on any atom is 0.119 e. The molecule has 4 saturated carbocycles. The van der Waals surface area contributed by atoms with Crippen molar-refractivity contribution < 1.29 is 4.74 Å². The van der Waals surface area contributed by atoms with Gasteiger partial charge < -0.3 is 10.1 Å². The van der Waals surface area contributed by atoms with Gasteiger partial charge in [-0.3, -0.25) is 0 Å². The molecule has 6 rings (SSSR count). The Kier molecular flexibility index (Phi) is 4.47. The lowest BCUT2D eigenvalue weighted by molar-refractivity contribution is -0.0206. The van der Waals surface area contributed by atoms with Gasteiger partial charge in [0.2, 0.25) is 0 Å². The molecule has 0 aliphatic heterocycles. The first kappa shape index (κ1) is 17.3. The average molecular weight is 362 g/mol. The van der Waals surface area contributed by atoms with Crippen LogP contribution in [0.25, 0.3) is 0 Å². The van der Waals surface area contributed by atoms with Crippen molar-refractivity contribution in [2.75, 3.05) is 0 Å². The Labute approximate surface area is 163 Å². The summed E-state index contributed by atoms with van der Waals surface area (Å²) in [6.45, 7) is 3.73. The average Bonchev–Trinajstić information content (AvgIpc) is 2.66. The van der Waals surface area contributed by atoms with Gasteiger partial charge >= 0.3 is 0 Å². The summed E-state index contributed by atoms with van der Waals surface area (Å²) in [5, 5.41) is 3.99. The first-order valence-electron chi connectivity index (χ1n) is 10.7. The van der Waals surface area contributed by atoms with E-state index in [9.17, 15) is 0 Å². The molecule has 2 nitrogen and oxygen atoms in total. The third kappa shape index (κ3) is 3.78. The zero-order valence-electron chi connectivity index (χ0n) is 16.4. The smallest absolute Gasteiger partial charge is 0.119 e. The minimum atomic E-state index is 0.440. The van der Waals surface area contributed by atoms with Crippen molar-refractivity contribution >= 4 is 0 Å². The molecular weight excluding hydrogens is 330 g/mol. The van der Waals surface area contributed by atoms with Crippen molar-refractivity contribution in [1.29, 1.82) is 0 Å². The highest BCUT2D eigenvalue weighted by molar-refractivity contribution is 5.28. The molecule has 4 aliphatic rings. The van der Waals surface area contributed by atoms with Gasteiger partial charge in [0.05, 0.1) is 0 Å². The number of rotatable bonds is 6. The van der Waals surface area contributed by atoms with Gasteiger partial charge in [0.1, 0.15) is 12.4 Å². The Hall–Kier alpha value is -1.80. The van der Waals surface area contributed by atoms with Crippen LogP contribution in [-0.4, -0.2) is 5.54 Å². The molecule has 0 atom stereocenters. The van der Waals surface area contributed by atoms with E-state index in [2.05, 4.69) is 60.8 Å². The number of ether oxygens (including phenoxy) is 1. The van der Waals surface area contributed by atoms with Crippen LogP contribution in [0.2, 0.25) is 0 Å². The van der Waals surface area contributed by atoms with E-state index in [1.807, 2.05) is 0 Å². The second-order valence-electron chi connectivity index (χ2n) is 9.47. The lowest BCUT2D eigenvalue weighted by atomic mass is 9.53. The Bertz CT molecular complexity index is 742. The maximum absolute atomic E-state index is 5.95. The Morgan fingerprint density at radius 3 is 1.96 bits per heavy atom. The fraction of sp³-hybridized carbons (Fsp3) is 0.520. The molecule has 1 N–H and O–H groups in total. The maximum atomic E-state index is 5.95. The van der Waals surface area contributed by atoms with E-state index < -0.39 is 0 Å². The quantitative estimate of drug-likeness (QED) is 0.720. The zero-order valence-corrected chi connectivity index (χ0v) is 16.4. The third-order valence-electron chi connectivity index (χ3n) is 7.16. The predicted octanol–water partition coefficient (Wildman–Crippen LogP) is 5.63. The fourth-order valence-corrected chi connectivity index (χ4v) is 6.17. The van der Waals surface area contributed by atoms with Gasteiger partial charge in [-0.05, 0) is 86.5 Å². The zero-order chi connectivity index (χ0) is 18.3. The van der Waals surface area contributed by atoms with Crippen molar-refractivity contribution in [3.05, 3.63) is 65.2 Å². The van der Waals surface area contributed by atoms with Gasteiger partial charge in [-0.15, -0.1) is 0 Å². The summed E-state index contributed by atoms with van der Waals surface area (Å²) in [6, 6.07) is 17.2. The Balaban J connectivity index is 1.16. The van der Waals surface area contributed by atoms with Gasteiger partial charge in [-0.25, -0.2) is 0 Å². The summed E-state index contributed by atoms with van der Waals surface area (Å²) in [7, 11) is 0. The van der Waals surface area contributed by atoms with Crippen molar-refractivity contribution in [3.63, 3.8) is 0 Å². The van der Waals surface area contributed by atoms with Crippen LogP contribution >= 0.6 is 0 Å². The second-order valence-corrected chi connectivity index (χ2v) is 9.47. The second kappa shape index (κ2) is 6.98. The van der Waals surface area contributed by atoms with Crippen LogP contribution in [-0.2, 0) is 13.2 Å². The molecule has 2 aromatic carbocycles. The molecule has 142 valence electrons. The van der Waals surface area contributed by atoms with E-state index in [1.165, 1.54) is 55.2 Å². The van der Waals surface area contributed by atoms with Crippen LogP contribution in [0.5, 0.6) is 5.75 Å². The molecule has 0 amide bonds.